The average molecular weight is 797 g/mol. The van der Waals surface area contributed by atoms with E-state index in [2.05, 4.69) is 171 Å². The van der Waals surface area contributed by atoms with Gasteiger partial charge in [-0.2, -0.15) is 0 Å². The van der Waals surface area contributed by atoms with E-state index in [-0.39, 0.29) is 16.2 Å². The summed E-state index contributed by atoms with van der Waals surface area (Å²) >= 11 is 0. The first-order valence-corrected chi connectivity index (χ1v) is 22.1. The molecule has 60 heavy (non-hydrogen) atoms. The first-order valence-electron chi connectivity index (χ1n) is 22.1. The fourth-order valence-electron chi connectivity index (χ4n) is 11.7. The monoisotopic (exact) mass is 796 g/mol. The van der Waals surface area contributed by atoms with Gasteiger partial charge in [0.2, 0.25) is 0 Å². The Labute approximate surface area is 357 Å². The summed E-state index contributed by atoms with van der Waals surface area (Å²) in [5, 5.41) is 2.25. The first-order chi connectivity index (χ1) is 28.8. The number of fused-ring (bicyclic) bond motifs is 10. The molecule has 1 aliphatic heterocycles. The third kappa shape index (κ3) is 6.58. The highest BCUT2D eigenvalue weighted by Gasteiger charge is 2.55. The van der Waals surface area contributed by atoms with Crippen LogP contribution < -0.4 is 18.9 Å². The molecule has 3 aliphatic rings. The Kier molecular flexibility index (Phi) is 9.93. The van der Waals surface area contributed by atoms with Crippen LogP contribution in [0.2, 0.25) is 0 Å². The third-order valence-electron chi connectivity index (χ3n) is 13.3. The van der Waals surface area contributed by atoms with E-state index in [0.29, 0.717) is 13.2 Å². The van der Waals surface area contributed by atoms with Crippen LogP contribution in [0.5, 0.6) is 23.0 Å². The average Bonchev–Trinajstić information content (AvgIpc) is 3.49. The van der Waals surface area contributed by atoms with Crippen molar-refractivity contribution < 1.29 is 18.9 Å². The lowest BCUT2D eigenvalue weighted by Gasteiger charge is -2.52. The maximum absolute atomic E-state index is 7.87. The van der Waals surface area contributed by atoms with E-state index in [1.54, 1.807) is 7.11 Å². The summed E-state index contributed by atoms with van der Waals surface area (Å²) in [4.78, 5) is 0. The molecule has 0 N–H and O–H groups in total. The van der Waals surface area contributed by atoms with Crippen LogP contribution in [0.4, 0.5) is 0 Å². The zero-order valence-electron chi connectivity index (χ0n) is 37.1. The number of hydrogen-bond donors (Lipinski definition) is 0. The summed E-state index contributed by atoms with van der Waals surface area (Å²) < 4.78 is 26.4. The van der Waals surface area contributed by atoms with Crippen LogP contribution >= 0.6 is 0 Å². The summed E-state index contributed by atoms with van der Waals surface area (Å²) in [5.41, 5.74) is 12.6. The molecule has 6 aromatic rings. The Bertz CT molecular complexity index is 2560. The van der Waals surface area contributed by atoms with E-state index >= 15 is 0 Å². The van der Waals surface area contributed by atoms with Crippen molar-refractivity contribution in [2.75, 3.05) is 20.3 Å². The molecule has 1 fully saturated rings. The van der Waals surface area contributed by atoms with Crippen LogP contribution in [0.25, 0.3) is 39.1 Å². The summed E-state index contributed by atoms with van der Waals surface area (Å²) in [6.07, 6.45) is 9.90. The number of hydrogen-bond acceptors (Lipinski definition) is 4. The van der Waals surface area contributed by atoms with Crippen LogP contribution in [0.15, 0.2) is 109 Å². The molecule has 4 heteroatoms. The quantitative estimate of drug-likeness (QED) is 0.138. The lowest BCUT2D eigenvalue weighted by Crippen LogP contribution is -2.44. The molecular formula is C56H60O4. The van der Waals surface area contributed by atoms with Crippen LogP contribution in [-0.2, 0) is 11.0 Å². The molecule has 0 radical (unpaired) electrons. The van der Waals surface area contributed by atoms with Crippen LogP contribution in [0, 0.1) is 24.7 Å². The SMILES string of the molecule is CCCOc1ccc(C2(c3ccc(OCCC)cc3)C=Cc3c4c(c5cc(-c6ccc(C)cc6C)c(OC)cc5c3O2)-c2ccccc2C42CC(C)(C)CC(C)(C)C2)cc1. The number of rotatable bonds is 10. The molecule has 1 saturated carbocycles. The van der Waals surface area contributed by atoms with E-state index in [1.165, 1.54) is 56.3 Å². The molecule has 0 amide bonds. The second-order valence-electron chi connectivity index (χ2n) is 19.3. The fraction of sp³-hybridized carbons (Fsp3) is 0.357. The molecule has 0 bridgehead atoms. The van der Waals surface area contributed by atoms with Crippen LogP contribution in [0.1, 0.15) is 113 Å². The largest absolute Gasteiger partial charge is 0.496 e. The second kappa shape index (κ2) is 14.9. The van der Waals surface area contributed by atoms with Gasteiger partial charge in [0.25, 0.3) is 0 Å². The maximum Gasteiger partial charge on any atom is 0.178 e. The normalized spacial score (nSPS) is 17.4. The van der Waals surface area contributed by atoms with Crippen molar-refractivity contribution in [1.82, 2.24) is 0 Å². The van der Waals surface area contributed by atoms with Gasteiger partial charge in [-0.15, -0.1) is 0 Å². The van der Waals surface area contributed by atoms with Gasteiger partial charge in [0.15, 0.2) is 5.60 Å². The van der Waals surface area contributed by atoms with Gasteiger partial charge >= 0.3 is 0 Å². The Hall–Kier alpha value is -5.48. The summed E-state index contributed by atoms with van der Waals surface area (Å²) in [7, 11) is 1.79. The minimum Gasteiger partial charge on any atom is -0.496 e. The lowest BCUT2D eigenvalue weighted by molar-refractivity contribution is 0.0642. The highest BCUT2D eigenvalue weighted by atomic mass is 16.5. The Morgan fingerprint density at radius 1 is 0.633 bits per heavy atom. The number of benzene rings is 6. The fourth-order valence-corrected chi connectivity index (χ4v) is 11.7. The van der Waals surface area contributed by atoms with Crippen molar-refractivity contribution >= 4 is 16.8 Å². The molecule has 6 aromatic carbocycles. The minimum absolute atomic E-state index is 0.120. The summed E-state index contributed by atoms with van der Waals surface area (Å²) in [6.45, 7) is 19.9. The second-order valence-corrected chi connectivity index (χ2v) is 19.3. The van der Waals surface area contributed by atoms with Crippen molar-refractivity contribution in [3.63, 3.8) is 0 Å². The molecule has 4 nitrogen and oxygen atoms in total. The van der Waals surface area contributed by atoms with Gasteiger partial charge in [-0.3, -0.25) is 0 Å². The zero-order chi connectivity index (χ0) is 42.0. The highest BCUT2D eigenvalue weighted by molar-refractivity contribution is 6.11. The van der Waals surface area contributed by atoms with Crippen molar-refractivity contribution in [2.24, 2.45) is 10.8 Å². The predicted octanol–water partition coefficient (Wildman–Crippen LogP) is 14.6. The zero-order valence-corrected chi connectivity index (χ0v) is 37.1. The predicted molar refractivity (Wildman–Crippen MR) is 248 cm³/mol. The molecule has 0 aromatic heterocycles. The third-order valence-corrected chi connectivity index (χ3v) is 13.3. The van der Waals surface area contributed by atoms with Crippen molar-refractivity contribution in [1.29, 1.82) is 0 Å². The molecule has 0 saturated heterocycles. The van der Waals surface area contributed by atoms with Gasteiger partial charge in [-0.1, -0.05) is 120 Å². The molecule has 9 rings (SSSR count). The number of ether oxygens (including phenoxy) is 4. The Balaban J connectivity index is 1.37. The van der Waals surface area contributed by atoms with Crippen LogP contribution in [0.3, 0.4) is 0 Å². The van der Waals surface area contributed by atoms with Gasteiger partial charge in [-0.25, -0.2) is 0 Å². The van der Waals surface area contributed by atoms with Gasteiger partial charge in [0, 0.05) is 33.1 Å². The van der Waals surface area contributed by atoms with Gasteiger partial charge < -0.3 is 18.9 Å². The highest BCUT2D eigenvalue weighted by Crippen LogP contribution is 2.67. The van der Waals surface area contributed by atoms with E-state index in [9.17, 15) is 0 Å². The summed E-state index contributed by atoms with van der Waals surface area (Å²) in [6, 6.07) is 37.6. The molecule has 308 valence electrons. The van der Waals surface area contributed by atoms with Crippen molar-refractivity contribution in [2.45, 2.75) is 98.5 Å². The lowest BCUT2D eigenvalue weighted by atomic mass is 9.52. The van der Waals surface area contributed by atoms with Gasteiger partial charge in [0.05, 0.1) is 20.3 Å². The maximum atomic E-state index is 7.87. The molecule has 1 heterocycles. The van der Waals surface area contributed by atoms with Gasteiger partial charge in [0.1, 0.15) is 23.0 Å². The molecule has 1 spiro atoms. The molecule has 2 aliphatic carbocycles. The Morgan fingerprint density at radius 2 is 1.25 bits per heavy atom. The van der Waals surface area contributed by atoms with E-state index in [1.807, 2.05) is 0 Å². The minimum atomic E-state index is -0.941. The number of methoxy groups -OCH3 is 1. The van der Waals surface area contributed by atoms with E-state index in [0.717, 1.165) is 70.8 Å². The standard InChI is InChI=1S/C56H60O4/c1-10-28-58-40-21-17-38(18-22-40)56(39-19-23-41(24-20-39)59-29-11-2)27-26-44-51-50(43-14-12-13-15-48(43)55(51)34-53(5,6)33-54(7,8)35-55)46-31-45(42-25-16-36(3)30-37(42)4)49(57-9)32-47(46)52(44)60-56/h12-27,30-32H,10-11,28-29,33-35H2,1-9H3. The van der Waals surface area contributed by atoms with E-state index in [4.69, 9.17) is 18.9 Å². The molecule has 0 atom stereocenters. The van der Waals surface area contributed by atoms with E-state index < -0.39 is 5.60 Å². The topological polar surface area (TPSA) is 36.9 Å². The molecule has 0 unspecified atom stereocenters. The van der Waals surface area contributed by atoms with Crippen molar-refractivity contribution in [3.05, 3.63) is 148 Å². The molecular weight excluding hydrogens is 737 g/mol. The first kappa shape index (κ1) is 40.0. The van der Waals surface area contributed by atoms with Gasteiger partial charge in [-0.05, 0) is 138 Å². The summed E-state index contributed by atoms with van der Waals surface area (Å²) in [5.74, 6) is 3.43. The Morgan fingerprint density at radius 3 is 1.83 bits per heavy atom. The van der Waals surface area contributed by atoms with Crippen molar-refractivity contribution in [3.8, 4) is 45.3 Å². The number of aryl methyl sites for hydroxylation is 2. The smallest absolute Gasteiger partial charge is 0.178 e. The van der Waals surface area contributed by atoms with Crippen LogP contribution in [-0.4, -0.2) is 20.3 Å².